The van der Waals surface area contributed by atoms with E-state index in [0.29, 0.717) is 12.2 Å². The number of hydrogen-bond acceptors (Lipinski definition) is 3. The van der Waals surface area contributed by atoms with Crippen molar-refractivity contribution in [3.8, 4) is 6.07 Å². The van der Waals surface area contributed by atoms with Crippen LogP contribution in [0.1, 0.15) is 11.3 Å². The highest BCUT2D eigenvalue weighted by Crippen LogP contribution is 2.20. The van der Waals surface area contributed by atoms with E-state index in [9.17, 15) is 4.79 Å². The molecule has 0 N–H and O–H groups in total. The number of amides is 1. The topological polar surface area (TPSA) is 57.2 Å². The Morgan fingerprint density at radius 3 is 3.20 bits per heavy atom. The summed E-state index contributed by atoms with van der Waals surface area (Å²) in [7, 11) is 1.65. The first-order valence-electron chi connectivity index (χ1n) is 4.63. The van der Waals surface area contributed by atoms with Crippen molar-refractivity contribution in [3.05, 3.63) is 29.9 Å². The molecule has 4 nitrogen and oxygen atoms in total. The van der Waals surface area contributed by atoms with E-state index in [1.807, 2.05) is 18.2 Å². The summed E-state index contributed by atoms with van der Waals surface area (Å²) in [5.74, 6) is -0.167. The Morgan fingerprint density at radius 1 is 1.67 bits per heavy atom. The predicted octanol–water partition coefficient (Wildman–Crippen LogP) is 1.40. The lowest BCUT2D eigenvalue weighted by Crippen LogP contribution is -2.30. The lowest BCUT2D eigenvalue weighted by Gasteiger charge is -2.17. The molecule has 0 spiro atoms. The van der Waals surface area contributed by atoms with Crippen LogP contribution in [0, 0.1) is 17.2 Å². The second kappa shape index (κ2) is 3.62. The molecule has 0 saturated carbocycles. The van der Waals surface area contributed by atoms with Gasteiger partial charge >= 0.3 is 0 Å². The quantitative estimate of drug-likeness (QED) is 0.639. The monoisotopic (exact) mass is 202 g/mol. The Balaban J connectivity index is 2.42. The van der Waals surface area contributed by atoms with Gasteiger partial charge in [0.2, 0.25) is 5.91 Å². The SMILES string of the molecule is CN1/C=C\c2ccoc2CC(C#N)C1=O. The third-order valence-corrected chi connectivity index (χ3v) is 2.45. The molecule has 1 aliphatic heterocycles. The average Bonchev–Trinajstić information content (AvgIpc) is 2.67. The minimum Gasteiger partial charge on any atom is -0.469 e. The van der Waals surface area contributed by atoms with E-state index in [0.717, 1.165) is 5.56 Å². The molecule has 2 heterocycles. The number of hydrogen-bond donors (Lipinski definition) is 0. The zero-order valence-electron chi connectivity index (χ0n) is 8.30. The molecule has 1 aliphatic rings. The van der Waals surface area contributed by atoms with Crippen LogP contribution in [0.2, 0.25) is 0 Å². The first kappa shape index (κ1) is 9.53. The van der Waals surface area contributed by atoms with Crippen LogP contribution < -0.4 is 0 Å². The number of fused-ring (bicyclic) bond motifs is 1. The summed E-state index contributed by atoms with van der Waals surface area (Å²) in [5.41, 5.74) is 0.926. The van der Waals surface area contributed by atoms with E-state index in [4.69, 9.17) is 9.68 Å². The van der Waals surface area contributed by atoms with Crippen LogP contribution in [-0.4, -0.2) is 17.9 Å². The number of carbonyl (C=O) groups is 1. The molecule has 2 rings (SSSR count). The van der Waals surface area contributed by atoms with Gasteiger partial charge in [0.05, 0.1) is 12.3 Å². The second-order valence-corrected chi connectivity index (χ2v) is 3.45. The third-order valence-electron chi connectivity index (χ3n) is 2.45. The summed E-state index contributed by atoms with van der Waals surface area (Å²) in [6.07, 6.45) is 5.37. The Hall–Kier alpha value is -2.02. The second-order valence-electron chi connectivity index (χ2n) is 3.45. The molecular formula is C11H10N2O2. The van der Waals surface area contributed by atoms with Crippen molar-refractivity contribution in [1.29, 1.82) is 5.26 Å². The predicted molar refractivity (Wildman–Crippen MR) is 53.3 cm³/mol. The lowest BCUT2D eigenvalue weighted by molar-refractivity contribution is -0.130. The summed E-state index contributed by atoms with van der Waals surface area (Å²) < 4.78 is 5.23. The van der Waals surface area contributed by atoms with E-state index in [1.165, 1.54) is 4.90 Å². The van der Waals surface area contributed by atoms with Crippen molar-refractivity contribution in [2.75, 3.05) is 7.05 Å². The molecule has 4 heteroatoms. The van der Waals surface area contributed by atoms with Crippen LogP contribution >= 0.6 is 0 Å². The van der Waals surface area contributed by atoms with Gasteiger partial charge in [-0.2, -0.15) is 5.26 Å². The van der Waals surface area contributed by atoms with E-state index in [1.54, 1.807) is 19.5 Å². The van der Waals surface area contributed by atoms with Gasteiger partial charge in [-0.3, -0.25) is 4.79 Å². The van der Waals surface area contributed by atoms with Crippen LogP contribution in [0.5, 0.6) is 0 Å². The summed E-state index contributed by atoms with van der Waals surface area (Å²) in [4.78, 5) is 13.1. The standard InChI is InChI=1S/C11H10N2O2/c1-13-4-2-8-3-5-15-10(8)6-9(7-12)11(13)14/h2-5,9H,6H2,1H3/b4-2-. The van der Waals surface area contributed by atoms with Gasteiger partial charge in [0.25, 0.3) is 0 Å². The van der Waals surface area contributed by atoms with Gasteiger partial charge in [0, 0.05) is 25.2 Å². The molecule has 1 amide bonds. The zero-order chi connectivity index (χ0) is 10.8. The third kappa shape index (κ3) is 1.64. The highest BCUT2D eigenvalue weighted by molar-refractivity contribution is 5.83. The molecular weight excluding hydrogens is 192 g/mol. The molecule has 0 fully saturated rings. The van der Waals surface area contributed by atoms with Gasteiger partial charge in [-0.15, -0.1) is 0 Å². The first-order valence-corrected chi connectivity index (χ1v) is 4.63. The first-order chi connectivity index (χ1) is 7.22. The van der Waals surface area contributed by atoms with Crippen molar-refractivity contribution in [1.82, 2.24) is 4.90 Å². The minimum absolute atomic E-state index is 0.198. The summed E-state index contributed by atoms with van der Waals surface area (Å²) in [6.45, 7) is 0. The van der Waals surface area contributed by atoms with Crippen molar-refractivity contribution in [3.63, 3.8) is 0 Å². The van der Waals surface area contributed by atoms with Gasteiger partial charge in [-0.05, 0) is 12.1 Å². The van der Waals surface area contributed by atoms with Crippen molar-refractivity contribution in [2.24, 2.45) is 5.92 Å². The van der Waals surface area contributed by atoms with Crippen LogP contribution in [0.25, 0.3) is 6.08 Å². The van der Waals surface area contributed by atoms with Gasteiger partial charge in [0.1, 0.15) is 11.7 Å². The van der Waals surface area contributed by atoms with Crippen LogP contribution in [0.3, 0.4) is 0 Å². The summed E-state index contributed by atoms with van der Waals surface area (Å²) >= 11 is 0. The van der Waals surface area contributed by atoms with E-state index >= 15 is 0 Å². The summed E-state index contributed by atoms with van der Waals surface area (Å²) in [6, 6.07) is 3.82. The van der Waals surface area contributed by atoms with Crippen molar-refractivity contribution in [2.45, 2.75) is 6.42 Å². The maximum atomic E-state index is 11.7. The smallest absolute Gasteiger partial charge is 0.244 e. The van der Waals surface area contributed by atoms with Crippen LogP contribution in [0.4, 0.5) is 0 Å². The fraction of sp³-hybridized carbons (Fsp3) is 0.273. The van der Waals surface area contributed by atoms with E-state index in [2.05, 4.69) is 0 Å². The molecule has 1 atom stereocenters. The van der Waals surface area contributed by atoms with Crippen molar-refractivity contribution < 1.29 is 9.21 Å². The number of carbonyl (C=O) groups excluding carboxylic acids is 1. The number of nitriles is 1. The Bertz CT molecular complexity index is 453. The maximum Gasteiger partial charge on any atom is 0.244 e. The molecule has 0 aromatic carbocycles. The highest BCUT2D eigenvalue weighted by atomic mass is 16.3. The van der Waals surface area contributed by atoms with Gasteiger partial charge < -0.3 is 9.32 Å². The molecule has 1 aromatic rings. The molecule has 15 heavy (non-hydrogen) atoms. The van der Waals surface area contributed by atoms with E-state index in [-0.39, 0.29) is 5.91 Å². The molecule has 1 aromatic heterocycles. The van der Waals surface area contributed by atoms with Gasteiger partial charge in [-0.25, -0.2) is 0 Å². The van der Waals surface area contributed by atoms with E-state index < -0.39 is 5.92 Å². The molecule has 0 bridgehead atoms. The Kier molecular flexibility index (Phi) is 2.30. The molecule has 1 unspecified atom stereocenters. The largest absolute Gasteiger partial charge is 0.469 e. The zero-order valence-corrected chi connectivity index (χ0v) is 8.30. The minimum atomic E-state index is -0.662. The van der Waals surface area contributed by atoms with Crippen LogP contribution in [-0.2, 0) is 11.2 Å². The highest BCUT2D eigenvalue weighted by Gasteiger charge is 2.25. The average molecular weight is 202 g/mol. The summed E-state index contributed by atoms with van der Waals surface area (Å²) in [5, 5.41) is 8.90. The van der Waals surface area contributed by atoms with Gasteiger partial charge in [-0.1, -0.05) is 0 Å². The normalized spacial score (nSPS) is 22.5. The number of furan rings is 1. The van der Waals surface area contributed by atoms with Gasteiger partial charge in [0.15, 0.2) is 0 Å². The van der Waals surface area contributed by atoms with Crippen molar-refractivity contribution >= 4 is 12.0 Å². The number of rotatable bonds is 0. The Morgan fingerprint density at radius 2 is 2.47 bits per heavy atom. The maximum absolute atomic E-state index is 11.7. The van der Waals surface area contributed by atoms with Crippen LogP contribution in [0.15, 0.2) is 22.9 Å². The lowest BCUT2D eigenvalue weighted by atomic mass is 10.0. The molecule has 0 saturated heterocycles. The molecule has 0 radical (unpaired) electrons. The molecule has 76 valence electrons. The molecule has 0 aliphatic carbocycles. The fourth-order valence-corrected chi connectivity index (χ4v) is 1.55. The Labute approximate surface area is 87.4 Å². The number of nitrogens with zero attached hydrogens (tertiary/aromatic N) is 2. The fourth-order valence-electron chi connectivity index (χ4n) is 1.55.